The number of ether oxygens (including phenoxy) is 1. The maximum absolute atomic E-state index is 8.85. The first-order valence-electron chi connectivity index (χ1n) is 4.52. The highest BCUT2D eigenvalue weighted by Crippen LogP contribution is 2.14. The molecule has 7 heteroatoms. The third-order valence-corrected chi connectivity index (χ3v) is 1.96. The molecular weight excluding hydrogens is 220 g/mol. The van der Waals surface area contributed by atoms with Gasteiger partial charge in [0.15, 0.2) is 0 Å². The summed E-state index contributed by atoms with van der Waals surface area (Å²) in [4.78, 5) is 13.5. The number of methoxy groups -OCH3 is 1. The zero-order valence-corrected chi connectivity index (χ0v) is 9.40. The molecule has 0 unspecified atom stereocenters. The molecule has 1 heterocycles. The molecule has 1 rings (SSSR count). The van der Waals surface area contributed by atoms with Crippen molar-refractivity contribution in [3.63, 3.8) is 0 Å². The Morgan fingerprint density at radius 2 is 2.13 bits per heavy atom. The Bertz CT molecular complexity index is 324. The van der Waals surface area contributed by atoms with E-state index in [2.05, 4.69) is 15.0 Å². The van der Waals surface area contributed by atoms with E-state index in [4.69, 9.17) is 21.4 Å². The standard InChI is InChI=1S/C8H13ClN4O2/c1-3-13(4-5-14)7-10-6(9)11-8(12-7)15-2/h14H,3-5H2,1-2H3. The molecule has 1 N–H and O–H groups in total. The summed E-state index contributed by atoms with van der Waals surface area (Å²) in [7, 11) is 1.46. The molecule has 0 radical (unpaired) electrons. The lowest BCUT2D eigenvalue weighted by atomic mass is 10.5. The fourth-order valence-corrected chi connectivity index (χ4v) is 1.22. The van der Waals surface area contributed by atoms with E-state index < -0.39 is 0 Å². The van der Waals surface area contributed by atoms with Crippen molar-refractivity contribution in [1.82, 2.24) is 15.0 Å². The second kappa shape index (κ2) is 5.67. The Labute approximate surface area is 92.9 Å². The van der Waals surface area contributed by atoms with Crippen LogP contribution in [0.15, 0.2) is 0 Å². The molecule has 0 aromatic carbocycles. The molecule has 1 aromatic heterocycles. The van der Waals surface area contributed by atoms with Crippen LogP contribution in [0.1, 0.15) is 6.92 Å². The topological polar surface area (TPSA) is 71.4 Å². The van der Waals surface area contributed by atoms with Crippen LogP contribution in [0.25, 0.3) is 0 Å². The zero-order valence-electron chi connectivity index (χ0n) is 8.64. The van der Waals surface area contributed by atoms with E-state index in [0.717, 1.165) is 0 Å². The second-order valence-corrected chi connectivity index (χ2v) is 3.03. The summed E-state index contributed by atoms with van der Waals surface area (Å²) in [5.74, 6) is 0.406. The molecule has 0 saturated carbocycles. The van der Waals surface area contributed by atoms with E-state index in [1.807, 2.05) is 6.92 Å². The van der Waals surface area contributed by atoms with Crippen LogP contribution in [-0.4, -0.2) is 46.9 Å². The van der Waals surface area contributed by atoms with Crippen molar-refractivity contribution < 1.29 is 9.84 Å². The number of hydrogen-bond acceptors (Lipinski definition) is 6. The first-order valence-corrected chi connectivity index (χ1v) is 4.90. The Morgan fingerprint density at radius 3 is 2.67 bits per heavy atom. The van der Waals surface area contributed by atoms with Crippen LogP contribution in [0.3, 0.4) is 0 Å². The molecule has 0 atom stereocenters. The van der Waals surface area contributed by atoms with E-state index in [1.54, 1.807) is 4.90 Å². The van der Waals surface area contributed by atoms with Gasteiger partial charge in [-0.1, -0.05) is 0 Å². The number of aliphatic hydroxyl groups excluding tert-OH is 1. The number of rotatable bonds is 5. The quantitative estimate of drug-likeness (QED) is 0.790. The van der Waals surface area contributed by atoms with Crippen LogP contribution in [-0.2, 0) is 0 Å². The first kappa shape index (κ1) is 11.9. The van der Waals surface area contributed by atoms with E-state index in [0.29, 0.717) is 19.0 Å². The van der Waals surface area contributed by atoms with Gasteiger partial charge in [-0.05, 0) is 18.5 Å². The van der Waals surface area contributed by atoms with Gasteiger partial charge in [-0.15, -0.1) is 0 Å². The summed E-state index contributed by atoms with van der Waals surface area (Å²) < 4.78 is 4.87. The number of halogens is 1. The Balaban J connectivity index is 2.95. The molecule has 0 aliphatic rings. The average molecular weight is 233 g/mol. The lowest BCUT2D eigenvalue weighted by molar-refractivity contribution is 0.301. The molecule has 15 heavy (non-hydrogen) atoms. The van der Waals surface area contributed by atoms with Crippen molar-refractivity contribution in [3.05, 3.63) is 5.28 Å². The summed E-state index contributed by atoms with van der Waals surface area (Å²) in [6, 6.07) is 0.168. The smallest absolute Gasteiger partial charge is 0.322 e. The summed E-state index contributed by atoms with van der Waals surface area (Å²) in [6.45, 7) is 3.07. The van der Waals surface area contributed by atoms with E-state index >= 15 is 0 Å². The predicted octanol–water partition coefficient (Wildman–Crippen LogP) is 0.352. The molecule has 0 bridgehead atoms. The molecule has 0 aliphatic carbocycles. The van der Waals surface area contributed by atoms with E-state index in [1.165, 1.54) is 7.11 Å². The molecule has 6 nitrogen and oxygen atoms in total. The minimum atomic E-state index is 0.0272. The number of likely N-dealkylation sites (N-methyl/N-ethyl adjacent to an activating group) is 1. The molecule has 0 fully saturated rings. The third-order valence-electron chi connectivity index (χ3n) is 1.79. The minimum Gasteiger partial charge on any atom is -0.467 e. The third kappa shape index (κ3) is 3.17. The lowest BCUT2D eigenvalue weighted by Crippen LogP contribution is -2.28. The molecule has 0 amide bonds. The fraction of sp³-hybridized carbons (Fsp3) is 0.625. The largest absolute Gasteiger partial charge is 0.467 e. The van der Waals surface area contributed by atoms with Crippen LogP contribution < -0.4 is 9.64 Å². The first-order chi connectivity index (χ1) is 7.21. The number of aliphatic hydroxyl groups is 1. The normalized spacial score (nSPS) is 10.1. The number of nitrogens with zero attached hydrogens (tertiary/aromatic N) is 4. The van der Waals surface area contributed by atoms with Gasteiger partial charge >= 0.3 is 6.01 Å². The summed E-state index contributed by atoms with van der Waals surface area (Å²) in [5, 5.41) is 8.92. The van der Waals surface area contributed by atoms with Crippen molar-refractivity contribution in [2.75, 3.05) is 31.7 Å². The molecular formula is C8H13ClN4O2. The molecule has 0 aliphatic heterocycles. The van der Waals surface area contributed by atoms with Crippen molar-refractivity contribution in [3.8, 4) is 6.01 Å². The lowest BCUT2D eigenvalue weighted by Gasteiger charge is -2.19. The minimum absolute atomic E-state index is 0.0272. The fourth-order valence-electron chi connectivity index (χ4n) is 1.07. The van der Waals surface area contributed by atoms with Gasteiger partial charge in [0.2, 0.25) is 11.2 Å². The maximum Gasteiger partial charge on any atom is 0.322 e. The predicted molar refractivity (Wildman–Crippen MR) is 56.4 cm³/mol. The van der Waals surface area contributed by atoms with Gasteiger partial charge < -0.3 is 14.7 Å². The number of anilines is 1. The van der Waals surface area contributed by atoms with Gasteiger partial charge in [-0.2, -0.15) is 15.0 Å². The summed E-state index contributed by atoms with van der Waals surface area (Å²) in [5.41, 5.74) is 0. The van der Waals surface area contributed by atoms with E-state index in [9.17, 15) is 0 Å². The number of aromatic nitrogens is 3. The summed E-state index contributed by atoms with van der Waals surface area (Å²) >= 11 is 5.70. The SMILES string of the molecule is CCN(CCO)c1nc(Cl)nc(OC)n1. The van der Waals surface area contributed by atoms with Gasteiger partial charge in [0, 0.05) is 13.1 Å². The van der Waals surface area contributed by atoms with Crippen LogP contribution in [0.5, 0.6) is 6.01 Å². The monoisotopic (exact) mass is 232 g/mol. The Hall–Kier alpha value is -1.14. The highest BCUT2D eigenvalue weighted by Gasteiger charge is 2.10. The van der Waals surface area contributed by atoms with Crippen LogP contribution in [0, 0.1) is 0 Å². The van der Waals surface area contributed by atoms with Crippen LogP contribution in [0.4, 0.5) is 5.95 Å². The second-order valence-electron chi connectivity index (χ2n) is 2.69. The Kier molecular flexibility index (Phi) is 4.51. The average Bonchev–Trinajstić information content (AvgIpc) is 2.24. The van der Waals surface area contributed by atoms with Gasteiger partial charge in [-0.3, -0.25) is 0 Å². The maximum atomic E-state index is 8.85. The molecule has 1 aromatic rings. The van der Waals surface area contributed by atoms with Crippen molar-refractivity contribution in [1.29, 1.82) is 0 Å². The van der Waals surface area contributed by atoms with Gasteiger partial charge in [0.05, 0.1) is 13.7 Å². The van der Waals surface area contributed by atoms with Gasteiger partial charge in [0.25, 0.3) is 0 Å². The highest BCUT2D eigenvalue weighted by atomic mass is 35.5. The Morgan fingerprint density at radius 1 is 1.40 bits per heavy atom. The zero-order chi connectivity index (χ0) is 11.3. The highest BCUT2D eigenvalue weighted by molar-refractivity contribution is 6.28. The van der Waals surface area contributed by atoms with Gasteiger partial charge in [0.1, 0.15) is 0 Å². The van der Waals surface area contributed by atoms with Crippen molar-refractivity contribution >= 4 is 17.5 Å². The molecule has 0 saturated heterocycles. The van der Waals surface area contributed by atoms with Gasteiger partial charge in [-0.25, -0.2) is 0 Å². The molecule has 0 spiro atoms. The van der Waals surface area contributed by atoms with Crippen molar-refractivity contribution in [2.45, 2.75) is 6.92 Å². The number of hydrogen-bond donors (Lipinski definition) is 1. The summed E-state index contributed by atoms with van der Waals surface area (Å²) in [6.07, 6.45) is 0. The van der Waals surface area contributed by atoms with Crippen molar-refractivity contribution in [2.24, 2.45) is 0 Å². The van der Waals surface area contributed by atoms with E-state index in [-0.39, 0.29) is 17.9 Å². The molecule has 84 valence electrons. The van der Waals surface area contributed by atoms with Crippen LogP contribution in [0.2, 0.25) is 5.28 Å². The van der Waals surface area contributed by atoms with Crippen LogP contribution >= 0.6 is 11.6 Å².